The summed E-state index contributed by atoms with van der Waals surface area (Å²) in [6, 6.07) is 1.86. The first-order chi connectivity index (χ1) is 6.98. The maximum atomic E-state index is 11.3. The van der Waals surface area contributed by atoms with Gasteiger partial charge < -0.3 is 5.73 Å². The monoisotopic (exact) mass is 290 g/mol. The molecule has 4 nitrogen and oxygen atoms in total. The fraction of sp³-hybridized carbons (Fsp3) is 0.444. The summed E-state index contributed by atoms with van der Waals surface area (Å²) in [4.78, 5) is 4.01. The Balaban J connectivity index is 2.28. The Bertz CT molecular complexity index is 487. The van der Waals surface area contributed by atoms with Gasteiger partial charge in [0.2, 0.25) is 0 Å². The van der Waals surface area contributed by atoms with Crippen molar-refractivity contribution in [2.75, 3.05) is 17.2 Å². The molecule has 15 heavy (non-hydrogen) atoms. The van der Waals surface area contributed by atoms with Gasteiger partial charge in [-0.1, -0.05) is 0 Å². The number of aromatic nitrogens is 1. The van der Waals surface area contributed by atoms with Crippen molar-refractivity contribution in [3.8, 4) is 0 Å². The molecule has 0 bridgehead atoms. The minimum absolute atomic E-state index is 0.0689. The average Bonchev–Trinajstić information content (AvgIpc) is 2.51. The van der Waals surface area contributed by atoms with E-state index in [9.17, 15) is 8.42 Å². The van der Waals surface area contributed by atoms with E-state index in [0.29, 0.717) is 12.2 Å². The Hall–Kier alpha value is -0.620. The highest BCUT2D eigenvalue weighted by Crippen LogP contribution is 2.30. The van der Waals surface area contributed by atoms with Gasteiger partial charge in [0.1, 0.15) is 5.82 Å². The molecule has 1 fully saturated rings. The third-order valence-electron chi connectivity index (χ3n) is 2.59. The lowest BCUT2D eigenvalue weighted by atomic mass is 10.0. The van der Waals surface area contributed by atoms with Crippen LogP contribution in [0.4, 0.5) is 5.82 Å². The van der Waals surface area contributed by atoms with Crippen LogP contribution in [-0.4, -0.2) is 24.9 Å². The van der Waals surface area contributed by atoms with E-state index >= 15 is 0 Å². The lowest BCUT2D eigenvalue weighted by Crippen LogP contribution is -2.04. The van der Waals surface area contributed by atoms with Crippen molar-refractivity contribution in [3.05, 3.63) is 22.3 Å². The first-order valence-electron chi connectivity index (χ1n) is 4.59. The highest BCUT2D eigenvalue weighted by atomic mass is 79.9. The maximum Gasteiger partial charge on any atom is 0.150 e. The van der Waals surface area contributed by atoms with Gasteiger partial charge in [0.15, 0.2) is 9.84 Å². The van der Waals surface area contributed by atoms with Crippen LogP contribution in [0.5, 0.6) is 0 Å². The molecule has 0 radical (unpaired) electrons. The number of pyridine rings is 1. The maximum absolute atomic E-state index is 11.3. The Morgan fingerprint density at radius 2 is 2.27 bits per heavy atom. The van der Waals surface area contributed by atoms with Crippen LogP contribution in [0.3, 0.4) is 0 Å². The Labute approximate surface area is 96.9 Å². The molecule has 1 aliphatic rings. The number of nitrogens with two attached hydrogens (primary N) is 1. The van der Waals surface area contributed by atoms with Gasteiger partial charge in [-0.25, -0.2) is 13.4 Å². The van der Waals surface area contributed by atoms with Crippen LogP contribution < -0.4 is 5.73 Å². The number of sulfone groups is 1. The van der Waals surface area contributed by atoms with Crippen LogP contribution in [0.15, 0.2) is 16.7 Å². The minimum atomic E-state index is -2.84. The van der Waals surface area contributed by atoms with Crippen molar-refractivity contribution < 1.29 is 8.42 Å². The summed E-state index contributed by atoms with van der Waals surface area (Å²) in [5, 5.41) is 0. The van der Waals surface area contributed by atoms with Crippen LogP contribution in [0, 0.1) is 0 Å². The molecular weight excluding hydrogens is 280 g/mol. The van der Waals surface area contributed by atoms with Gasteiger partial charge in [-0.3, -0.25) is 0 Å². The summed E-state index contributed by atoms with van der Waals surface area (Å²) >= 11 is 3.28. The molecule has 0 aliphatic carbocycles. The first-order valence-corrected chi connectivity index (χ1v) is 7.21. The number of anilines is 1. The topological polar surface area (TPSA) is 73.0 Å². The fourth-order valence-corrected chi connectivity index (χ4v) is 3.89. The van der Waals surface area contributed by atoms with Crippen molar-refractivity contribution in [2.24, 2.45) is 0 Å². The second kappa shape index (κ2) is 3.75. The summed E-state index contributed by atoms with van der Waals surface area (Å²) in [6.07, 6.45) is 2.34. The summed E-state index contributed by atoms with van der Waals surface area (Å²) < 4.78 is 23.3. The van der Waals surface area contributed by atoms with Gasteiger partial charge in [0.25, 0.3) is 0 Å². The van der Waals surface area contributed by atoms with Gasteiger partial charge >= 0.3 is 0 Å². The molecule has 1 saturated heterocycles. The van der Waals surface area contributed by atoms with E-state index < -0.39 is 9.84 Å². The van der Waals surface area contributed by atoms with Crippen molar-refractivity contribution in [1.29, 1.82) is 0 Å². The van der Waals surface area contributed by atoms with Crippen molar-refractivity contribution in [2.45, 2.75) is 12.3 Å². The predicted molar refractivity (Wildman–Crippen MR) is 62.4 cm³/mol. The number of hydrogen-bond donors (Lipinski definition) is 1. The molecule has 2 rings (SSSR count). The molecule has 6 heteroatoms. The van der Waals surface area contributed by atoms with E-state index in [1.165, 1.54) is 0 Å². The predicted octanol–water partition coefficient (Wildman–Crippen LogP) is 1.33. The van der Waals surface area contributed by atoms with E-state index in [2.05, 4.69) is 20.9 Å². The van der Waals surface area contributed by atoms with Crippen LogP contribution in [0.25, 0.3) is 0 Å². The molecule has 1 atom stereocenters. The summed E-state index contributed by atoms with van der Waals surface area (Å²) in [7, 11) is -2.84. The van der Waals surface area contributed by atoms with Crippen molar-refractivity contribution >= 4 is 31.6 Å². The third-order valence-corrected chi connectivity index (χ3v) is 5.00. The molecule has 0 aromatic carbocycles. The van der Waals surface area contributed by atoms with E-state index in [4.69, 9.17) is 5.73 Å². The standard InChI is InChI=1S/C9H11BrN2O2S/c10-8-3-7(4-12-9(8)11)6-1-2-15(13,14)5-6/h3-4,6H,1-2,5H2,(H2,11,12)/t6-/m1/s1. The zero-order valence-corrected chi connectivity index (χ0v) is 10.4. The fourth-order valence-electron chi connectivity index (χ4n) is 1.74. The van der Waals surface area contributed by atoms with E-state index in [1.54, 1.807) is 6.20 Å². The lowest BCUT2D eigenvalue weighted by molar-refractivity contribution is 0.601. The van der Waals surface area contributed by atoms with Gasteiger partial charge in [-0.15, -0.1) is 0 Å². The Morgan fingerprint density at radius 3 is 2.80 bits per heavy atom. The van der Waals surface area contributed by atoms with E-state index in [1.807, 2.05) is 6.07 Å². The molecule has 2 N–H and O–H groups in total. The normalized spacial score (nSPS) is 24.2. The molecule has 1 aromatic rings. The number of nitrogen functional groups attached to an aromatic ring is 1. The van der Waals surface area contributed by atoms with E-state index in [-0.39, 0.29) is 17.4 Å². The summed E-state index contributed by atoms with van der Waals surface area (Å²) in [6.45, 7) is 0. The van der Waals surface area contributed by atoms with Gasteiger partial charge in [0, 0.05) is 12.1 Å². The SMILES string of the molecule is Nc1ncc([C@@H]2CCS(=O)(=O)C2)cc1Br. The van der Waals surface area contributed by atoms with Gasteiger partial charge in [0.05, 0.1) is 16.0 Å². The Kier molecular flexibility index (Phi) is 2.72. The molecule has 2 heterocycles. The minimum Gasteiger partial charge on any atom is -0.383 e. The first kappa shape index (κ1) is 10.9. The molecule has 1 aliphatic heterocycles. The van der Waals surface area contributed by atoms with Crippen LogP contribution in [0.2, 0.25) is 0 Å². The largest absolute Gasteiger partial charge is 0.383 e. The molecule has 0 unspecified atom stereocenters. The number of rotatable bonds is 1. The van der Waals surface area contributed by atoms with Gasteiger partial charge in [-0.05, 0) is 34.0 Å². The number of hydrogen-bond acceptors (Lipinski definition) is 4. The van der Waals surface area contributed by atoms with Crippen molar-refractivity contribution in [1.82, 2.24) is 4.98 Å². The molecule has 82 valence electrons. The molecular formula is C9H11BrN2O2S. The van der Waals surface area contributed by atoms with Crippen LogP contribution in [-0.2, 0) is 9.84 Å². The third kappa shape index (κ3) is 2.31. The smallest absolute Gasteiger partial charge is 0.150 e. The van der Waals surface area contributed by atoms with E-state index in [0.717, 1.165) is 10.0 Å². The lowest BCUT2D eigenvalue weighted by Gasteiger charge is -2.08. The Morgan fingerprint density at radius 1 is 1.53 bits per heavy atom. The summed E-state index contributed by atoms with van der Waals surface area (Å²) in [5.41, 5.74) is 6.51. The average molecular weight is 291 g/mol. The highest BCUT2D eigenvalue weighted by Gasteiger charge is 2.29. The molecule has 1 aromatic heterocycles. The quantitative estimate of drug-likeness (QED) is 0.847. The highest BCUT2D eigenvalue weighted by molar-refractivity contribution is 9.10. The zero-order valence-electron chi connectivity index (χ0n) is 7.98. The molecule has 0 saturated carbocycles. The van der Waals surface area contributed by atoms with Gasteiger partial charge in [-0.2, -0.15) is 0 Å². The number of halogens is 1. The molecule has 0 spiro atoms. The zero-order chi connectivity index (χ0) is 11.1. The second-order valence-corrected chi connectivity index (χ2v) is 6.82. The summed E-state index contributed by atoms with van der Waals surface area (Å²) in [5.74, 6) is 1.00. The second-order valence-electron chi connectivity index (χ2n) is 3.74. The number of nitrogens with zero attached hydrogens (tertiary/aromatic N) is 1. The van der Waals surface area contributed by atoms with Crippen LogP contribution >= 0.6 is 15.9 Å². The van der Waals surface area contributed by atoms with Crippen LogP contribution in [0.1, 0.15) is 17.9 Å². The molecule has 0 amide bonds. The van der Waals surface area contributed by atoms with Crippen molar-refractivity contribution in [3.63, 3.8) is 0 Å².